The van der Waals surface area contributed by atoms with Gasteiger partial charge in [0.15, 0.2) is 5.69 Å². The number of carbonyl (C=O) groups is 1. The number of ether oxygens (including phenoxy) is 1. The summed E-state index contributed by atoms with van der Waals surface area (Å²) in [5, 5.41) is 0. The number of nitrogen functional groups attached to an aromatic ring is 1. The Labute approximate surface area is 151 Å². The number of carbonyl (C=O) groups excluding carboxylic acids is 1. The maximum absolute atomic E-state index is 12.6. The molecular weight excluding hydrogens is 336 g/mol. The molecule has 0 saturated carbocycles. The highest BCUT2D eigenvalue weighted by Crippen LogP contribution is 2.18. The maximum atomic E-state index is 12.6. The molecule has 2 rings (SSSR count). The SMILES string of the molecule is CCCCn1c(N)c(N(C)C(=O)Cc2cccc(OC)c2)c(=O)[nH]c1=O. The minimum Gasteiger partial charge on any atom is -0.497 e. The zero-order valence-corrected chi connectivity index (χ0v) is 15.2. The number of nitrogens with zero attached hydrogens (tertiary/aromatic N) is 2. The maximum Gasteiger partial charge on any atom is 0.330 e. The van der Waals surface area contributed by atoms with Crippen LogP contribution >= 0.6 is 0 Å². The first kappa shape index (κ1) is 19.3. The number of aromatic nitrogens is 2. The molecule has 1 aromatic carbocycles. The summed E-state index contributed by atoms with van der Waals surface area (Å²) < 4.78 is 6.44. The van der Waals surface area contributed by atoms with Gasteiger partial charge in [0.05, 0.1) is 13.5 Å². The quantitative estimate of drug-likeness (QED) is 0.769. The van der Waals surface area contributed by atoms with Crippen molar-refractivity contribution in [3.05, 3.63) is 50.7 Å². The van der Waals surface area contributed by atoms with E-state index in [4.69, 9.17) is 10.5 Å². The molecule has 0 atom stereocenters. The van der Waals surface area contributed by atoms with Crippen LogP contribution in [0.2, 0.25) is 0 Å². The third kappa shape index (κ3) is 4.14. The van der Waals surface area contributed by atoms with Gasteiger partial charge >= 0.3 is 5.69 Å². The molecule has 1 heterocycles. The number of unbranched alkanes of at least 4 members (excludes halogenated alkanes) is 1. The number of hydrogen-bond donors (Lipinski definition) is 2. The van der Waals surface area contributed by atoms with Gasteiger partial charge in [0.2, 0.25) is 5.91 Å². The smallest absolute Gasteiger partial charge is 0.330 e. The Morgan fingerprint density at radius 1 is 1.35 bits per heavy atom. The molecule has 0 fully saturated rings. The van der Waals surface area contributed by atoms with Crippen LogP contribution in [0.5, 0.6) is 5.75 Å². The topological polar surface area (TPSA) is 110 Å². The second-order valence-electron chi connectivity index (χ2n) is 5.98. The van der Waals surface area contributed by atoms with Crippen molar-refractivity contribution in [2.75, 3.05) is 24.8 Å². The van der Waals surface area contributed by atoms with Crippen LogP contribution in [0, 0.1) is 0 Å². The van der Waals surface area contributed by atoms with Gasteiger partial charge < -0.3 is 15.4 Å². The molecule has 0 spiro atoms. The Kier molecular flexibility index (Phi) is 6.21. The number of anilines is 2. The number of hydrogen-bond acceptors (Lipinski definition) is 5. The number of aromatic amines is 1. The highest BCUT2D eigenvalue weighted by molar-refractivity contribution is 5.96. The van der Waals surface area contributed by atoms with E-state index in [0.29, 0.717) is 12.3 Å². The Bertz CT molecular complexity index is 901. The molecule has 0 saturated heterocycles. The number of rotatable bonds is 7. The van der Waals surface area contributed by atoms with Gasteiger partial charge in [-0.3, -0.25) is 19.1 Å². The van der Waals surface area contributed by atoms with Crippen LogP contribution in [0.1, 0.15) is 25.3 Å². The van der Waals surface area contributed by atoms with Gasteiger partial charge in [-0.1, -0.05) is 25.5 Å². The van der Waals surface area contributed by atoms with Crippen molar-refractivity contribution >= 4 is 17.4 Å². The predicted molar refractivity (Wildman–Crippen MR) is 101 cm³/mol. The van der Waals surface area contributed by atoms with Crippen LogP contribution in [0.4, 0.5) is 11.5 Å². The van der Waals surface area contributed by atoms with Crippen LogP contribution in [0.3, 0.4) is 0 Å². The summed E-state index contributed by atoms with van der Waals surface area (Å²) in [6.45, 7) is 2.36. The van der Waals surface area contributed by atoms with E-state index in [2.05, 4.69) is 4.98 Å². The van der Waals surface area contributed by atoms with Crippen molar-refractivity contribution in [1.82, 2.24) is 9.55 Å². The Morgan fingerprint density at radius 3 is 2.73 bits per heavy atom. The average molecular weight is 360 g/mol. The van der Waals surface area contributed by atoms with E-state index in [0.717, 1.165) is 18.4 Å². The van der Waals surface area contributed by atoms with Crippen LogP contribution in [-0.4, -0.2) is 29.6 Å². The molecule has 0 radical (unpaired) electrons. The standard InChI is InChI=1S/C18H24N4O4/c1-4-5-9-22-16(19)15(17(24)20-18(22)25)21(2)14(23)11-12-7-6-8-13(10-12)26-3/h6-8,10H,4-5,9,11,19H2,1-3H3,(H,20,24,25). The molecule has 0 unspecified atom stereocenters. The molecule has 1 aromatic heterocycles. The summed E-state index contributed by atoms with van der Waals surface area (Å²) in [6, 6.07) is 7.11. The fourth-order valence-electron chi connectivity index (χ4n) is 2.64. The lowest BCUT2D eigenvalue weighted by molar-refractivity contribution is -0.117. The highest BCUT2D eigenvalue weighted by atomic mass is 16.5. The monoisotopic (exact) mass is 360 g/mol. The molecule has 0 aliphatic carbocycles. The normalized spacial score (nSPS) is 10.6. The fourth-order valence-corrected chi connectivity index (χ4v) is 2.64. The van der Waals surface area contributed by atoms with E-state index >= 15 is 0 Å². The molecule has 0 bridgehead atoms. The van der Waals surface area contributed by atoms with Gasteiger partial charge in [-0.05, 0) is 24.1 Å². The number of benzene rings is 1. The zero-order valence-electron chi connectivity index (χ0n) is 15.2. The first-order valence-electron chi connectivity index (χ1n) is 8.41. The number of H-pyrrole nitrogens is 1. The lowest BCUT2D eigenvalue weighted by Crippen LogP contribution is -2.39. The molecule has 0 aliphatic rings. The number of amides is 1. The van der Waals surface area contributed by atoms with Gasteiger partial charge in [0.1, 0.15) is 11.6 Å². The van der Waals surface area contributed by atoms with Crippen LogP contribution in [0.25, 0.3) is 0 Å². The molecule has 8 heteroatoms. The highest BCUT2D eigenvalue weighted by Gasteiger charge is 2.21. The van der Waals surface area contributed by atoms with E-state index in [1.165, 1.54) is 16.5 Å². The summed E-state index contributed by atoms with van der Waals surface area (Å²) >= 11 is 0. The third-order valence-electron chi connectivity index (χ3n) is 4.15. The van der Waals surface area contributed by atoms with E-state index in [1.807, 2.05) is 6.92 Å². The second-order valence-corrected chi connectivity index (χ2v) is 5.98. The zero-order chi connectivity index (χ0) is 19.3. The van der Waals surface area contributed by atoms with Crippen molar-refractivity contribution in [2.24, 2.45) is 0 Å². The van der Waals surface area contributed by atoms with E-state index in [-0.39, 0.29) is 23.8 Å². The number of methoxy groups -OCH3 is 1. The molecule has 3 N–H and O–H groups in total. The van der Waals surface area contributed by atoms with Gasteiger partial charge in [0, 0.05) is 13.6 Å². The van der Waals surface area contributed by atoms with Crippen molar-refractivity contribution < 1.29 is 9.53 Å². The minimum atomic E-state index is -0.679. The Morgan fingerprint density at radius 2 is 2.08 bits per heavy atom. The van der Waals surface area contributed by atoms with Crippen LogP contribution < -0.4 is 26.6 Å². The summed E-state index contributed by atoms with van der Waals surface area (Å²) in [6.07, 6.45) is 1.67. The molecule has 140 valence electrons. The van der Waals surface area contributed by atoms with Gasteiger partial charge in [-0.2, -0.15) is 0 Å². The molecule has 1 amide bonds. The van der Waals surface area contributed by atoms with Gasteiger partial charge in [0.25, 0.3) is 5.56 Å². The lowest BCUT2D eigenvalue weighted by Gasteiger charge is -2.20. The molecule has 26 heavy (non-hydrogen) atoms. The first-order chi connectivity index (χ1) is 12.4. The number of nitrogens with one attached hydrogen (secondary N) is 1. The number of nitrogens with two attached hydrogens (primary N) is 1. The summed E-state index contributed by atoms with van der Waals surface area (Å²) in [5.74, 6) is 0.313. The molecule has 8 nitrogen and oxygen atoms in total. The Balaban J connectivity index is 2.33. The predicted octanol–water partition coefficient (Wildman–Crippen LogP) is 1.13. The summed E-state index contributed by atoms with van der Waals surface area (Å²) in [7, 11) is 3.02. The van der Waals surface area contributed by atoms with Crippen LogP contribution in [-0.2, 0) is 17.8 Å². The van der Waals surface area contributed by atoms with Crippen LogP contribution in [0.15, 0.2) is 33.9 Å². The van der Waals surface area contributed by atoms with Crippen molar-refractivity contribution in [1.29, 1.82) is 0 Å². The average Bonchev–Trinajstić information content (AvgIpc) is 2.61. The van der Waals surface area contributed by atoms with Gasteiger partial charge in [-0.25, -0.2) is 4.79 Å². The largest absolute Gasteiger partial charge is 0.497 e. The summed E-state index contributed by atoms with van der Waals surface area (Å²) in [4.78, 5) is 40.2. The third-order valence-corrected chi connectivity index (χ3v) is 4.15. The molecule has 0 aliphatic heterocycles. The van der Waals surface area contributed by atoms with Gasteiger partial charge in [-0.15, -0.1) is 0 Å². The second kappa shape index (κ2) is 8.37. The molecule has 2 aromatic rings. The first-order valence-corrected chi connectivity index (χ1v) is 8.41. The fraction of sp³-hybridized carbons (Fsp3) is 0.389. The minimum absolute atomic E-state index is 0.00584. The van der Waals surface area contributed by atoms with E-state index in [9.17, 15) is 14.4 Å². The van der Waals surface area contributed by atoms with Crippen molar-refractivity contribution in [2.45, 2.75) is 32.7 Å². The number of likely N-dealkylation sites (N-methyl/N-ethyl adjacent to an activating group) is 1. The van der Waals surface area contributed by atoms with E-state index < -0.39 is 11.2 Å². The van der Waals surface area contributed by atoms with Crippen molar-refractivity contribution in [3.8, 4) is 5.75 Å². The van der Waals surface area contributed by atoms with Crippen molar-refractivity contribution in [3.63, 3.8) is 0 Å². The Hall–Kier alpha value is -3.03. The summed E-state index contributed by atoms with van der Waals surface area (Å²) in [5.41, 5.74) is 5.51. The molecular formula is C18H24N4O4. The van der Waals surface area contributed by atoms with E-state index in [1.54, 1.807) is 31.4 Å². The lowest BCUT2D eigenvalue weighted by atomic mass is 10.1.